The lowest BCUT2D eigenvalue weighted by Crippen LogP contribution is -2.26. The zero-order valence-corrected chi connectivity index (χ0v) is 19.2. The fraction of sp³-hybridized carbons (Fsp3) is 0.333. The van der Waals surface area contributed by atoms with Crippen molar-refractivity contribution >= 4 is 5.91 Å². The molecule has 0 N–H and O–H groups in total. The van der Waals surface area contributed by atoms with Gasteiger partial charge in [0.25, 0.3) is 5.91 Å². The maximum absolute atomic E-state index is 13.0. The Kier molecular flexibility index (Phi) is 7.25. The number of nitrogens with zero attached hydrogens (tertiary/aromatic N) is 2. The Bertz CT molecular complexity index is 1070. The van der Waals surface area contributed by atoms with Gasteiger partial charge in [-0.25, -0.2) is 0 Å². The van der Waals surface area contributed by atoms with E-state index in [1.54, 1.807) is 51.5 Å². The number of aromatic nitrogens is 1. The van der Waals surface area contributed by atoms with Crippen molar-refractivity contribution < 1.29 is 28.3 Å². The molecule has 1 amide bonds. The molecule has 0 saturated carbocycles. The minimum atomic E-state index is -0.143. The maximum atomic E-state index is 13.0. The number of benzene rings is 2. The van der Waals surface area contributed by atoms with Crippen LogP contribution in [0.25, 0.3) is 0 Å². The van der Waals surface area contributed by atoms with Crippen LogP contribution in [0.3, 0.4) is 0 Å². The summed E-state index contributed by atoms with van der Waals surface area (Å²) in [5.41, 5.74) is 3.09. The van der Waals surface area contributed by atoms with Crippen LogP contribution in [0.5, 0.6) is 23.0 Å². The number of methoxy groups -OCH3 is 3. The summed E-state index contributed by atoms with van der Waals surface area (Å²) in [6, 6.07) is 10.7. The topological polar surface area (TPSA) is 83.3 Å². The summed E-state index contributed by atoms with van der Waals surface area (Å²) in [5.74, 6) is 2.84. The average molecular weight is 440 g/mol. The number of carbonyl (C=O) groups is 1. The average Bonchev–Trinajstić information content (AvgIpc) is 3.13. The number of amides is 1. The van der Waals surface area contributed by atoms with E-state index in [4.69, 9.17) is 23.5 Å². The van der Waals surface area contributed by atoms with E-state index < -0.39 is 0 Å². The minimum absolute atomic E-state index is 0.143. The quantitative estimate of drug-likeness (QED) is 0.494. The summed E-state index contributed by atoms with van der Waals surface area (Å²) in [6.45, 7) is 4.41. The van der Waals surface area contributed by atoms with Gasteiger partial charge in [-0.1, -0.05) is 11.2 Å². The molecule has 170 valence electrons. The van der Waals surface area contributed by atoms with E-state index in [0.29, 0.717) is 47.5 Å². The number of ether oxygens (including phenoxy) is 4. The first-order chi connectivity index (χ1) is 15.4. The summed E-state index contributed by atoms with van der Waals surface area (Å²) < 4.78 is 27.1. The van der Waals surface area contributed by atoms with Gasteiger partial charge in [0.05, 0.1) is 32.6 Å². The van der Waals surface area contributed by atoms with E-state index in [1.807, 2.05) is 32.0 Å². The van der Waals surface area contributed by atoms with Crippen LogP contribution in [0, 0.1) is 13.8 Å². The standard InChI is InChI=1S/C24H28N2O6/c1-15-19(16(2)32-25-15)14-31-21-10-8-18(12-23(21)30-6)24(27)26(3)13-17-7-9-20(28-4)22(11-17)29-5/h7-12H,13-14H2,1-6H3. The summed E-state index contributed by atoms with van der Waals surface area (Å²) in [6.07, 6.45) is 0. The van der Waals surface area contributed by atoms with Crippen molar-refractivity contribution in [1.29, 1.82) is 0 Å². The molecule has 0 unspecified atom stereocenters. The van der Waals surface area contributed by atoms with E-state index in [9.17, 15) is 4.79 Å². The number of carbonyl (C=O) groups excluding carboxylic acids is 1. The zero-order chi connectivity index (χ0) is 23.3. The molecule has 8 nitrogen and oxygen atoms in total. The normalized spacial score (nSPS) is 10.6. The van der Waals surface area contributed by atoms with Crippen molar-refractivity contribution in [3.05, 3.63) is 64.5 Å². The first kappa shape index (κ1) is 23.0. The Labute approximate surface area is 187 Å². The van der Waals surface area contributed by atoms with Crippen LogP contribution in [0.15, 0.2) is 40.9 Å². The van der Waals surface area contributed by atoms with E-state index >= 15 is 0 Å². The molecule has 0 aliphatic heterocycles. The Morgan fingerprint density at radius 3 is 2.22 bits per heavy atom. The minimum Gasteiger partial charge on any atom is -0.493 e. The second kappa shape index (κ2) is 10.1. The fourth-order valence-corrected chi connectivity index (χ4v) is 3.32. The van der Waals surface area contributed by atoms with Crippen LogP contribution >= 0.6 is 0 Å². The summed E-state index contributed by atoms with van der Waals surface area (Å²) >= 11 is 0. The predicted octanol–water partition coefficient (Wildman–Crippen LogP) is 4.17. The van der Waals surface area contributed by atoms with Gasteiger partial charge in [-0.2, -0.15) is 0 Å². The van der Waals surface area contributed by atoms with Crippen LogP contribution in [0.2, 0.25) is 0 Å². The van der Waals surface area contributed by atoms with Crippen LogP contribution in [-0.2, 0) is 13.2 Å². The largest absolute Gasteiger partial charge is 0.493 e. The third-order valence-corrected chi connectivity index (χ3v) is 5.18. The Morgan fingerprint density at radius 1 is 0.938 bits per heavy atom. The molecule has 2 aromatic carbocycles. The molecule has 0 atom stereocenters. The van der Waals surface area contributed by atoms with Gasteiger partial charge < -0.3 is 28.4 Å². The highest BCUT2D eigenvalue weighted by molar-refractivity contribution is 5.94. The molecule has 0 aliphatic rings. The molecule has 32 heavy (non-hydrogen) atoms. The Morgan fingerprint density at radius 2 is 1.59 bits per heavy atom. The molecule has 3 rings (SSSR count). The second-order valence-corrected chi connectivity index (χ2v) is 7.31. The van der Waals surface area contributed by atoms with E-state index in [0.717, 1.165) is 16.8 Å². The van der Waals surface area contributed by atoms with Crippen molar-refractivity contribution in [2.24, 2.45) is 0 Å². The van der Waals surface area contributed by atoms with Gasteiger partial charge in [-0.3, -0.25) is 4.79 Å². The molecular weight excluding hydrogens is 412 g/mol. The molecule has 0 fully saturated rings. The van der Waals surface area contributed by atoms with Crippen molar-refractivity contribution in [2.45, 2.75) is 27.0 Å². The fourth-order valence-electron chi connectivity index (χ4n) is 3.32. The van der Waals surface area contributed by atoms with Crippen LogP contribution in [0.4, 0.5) is 0 Å². The number of aryl methyl sites for hydroxylation is 2. The van der Waals surface area contributed by atoms with Crippen molar-refractivity contribution in [1.82, 2.24) is 10.1 Å². The molecule has 0 spiro atoms. The highest BCUT2D eigenvalue weighted by Crippen LogP contribution is 2.31. The molecule has 8 heteroatoms. The highest BCUT2D eigenvalue weighted by atomic mass is 16.5. The SMILES string of the molecule is COc1ccc(CN(C)C(=O)c2ccc(OCc3c(C)noc3C)c(OC)c2)cc1OC. The lowest BCUT2D eigenvalue weighted by atomic mass is 10.1. The Hall–Kier alpha value is -3.68. The van der Waals surface area contributed by atoms with Gasteiger partial charge in [0, 0.05) is 19.2 Å². The van der Waals surface area contributed by atoms with E-state index in [1.165, 1.54) is 0 Å². The van der Waals surface area contributed by atoms with Crippen LogP contribution in [-0.4, -0.2) is 44.3 Å². The highest BCUT2D eigenvalue weighted by Gasteiger charge is 2.17. The van der Waals surface area contributed by atoms with Crippen molar-refractivity contribution in [3.63, 3.8) is 0 Å². The molecule has 1 aromatic heterocycles. The lowest BCUT2D eigenvalue weighted by molar-refractivity contribution is 0.0784. The predicted molar refractivity (Wildman–Crippen MR) is 119 cm³/mol. The smallest absolute Gasteiger partial charge is 0.254 e. The first-order valence-electron chi connectivity index (χ1n) is 10.1. The van der Waals surface area contributed by atoms with E-state index in [2.05, 4.69) is 5.16 Å². The molecule has 3 aromatic rings. The zero-order valence-electron chi connectivity index (χ0n) is 19.2. The molecule has 0 radical (unpaired) electrons. The molecular formula is C24H28N2O6. The molecule has 0 bridgehead atoms. The molecule has 1 heterocycles. The van der Waals surface area contributed by atoms with Gasteiger partial charge in [0.1, 0.15) is 12.4 Å². The maximum Gasteiger partial charge on any atom is 0.254 e. The molecule has 0 saturated heterocycles. The van der Waals surface area contributed by atoms with Gasteiger partial charge in [0.2, 0.25) is 0 Å². The third-order valence-electron chi connectivity index (χ3n) is 5.18. The van der Waals surface area contributed by atoms with Gasteiger partial charge >= 0.3 is 0 Å². The van der Waals surface area contributed by atoms with Crippen LogP contribution in [0.1, 0.15) is 32.9 Å². The number of hydrogen-bond donors (Lipinski definition) is 0. The number of rotatable bonds is 9. The lowest BCUT2D eigenvalue weighted by Gasteiger charge is -2.19. The summed E-state index contributed by atoms with van der Waals surface area (Å²) in [7, 11) is 6.45. The van der Waals surface area contributed by atoms with E-state index in [-0.39, 0.29) is 5.91 Å². The van der Waals surface area contributed by atoms with Gasteiger partial charge in [0.15, 0.2) is 23.0 Å². The van der Waals surface area contributed by atoms with Crippen molar-refractivity contribution in [3.8, 4) is 23.0 Å². The summed E-state index contributed by atoms with van der Waals surface area (Å²) in [4.78, 5) is 14.6. The first-order valence-corrected chi connectivity index (χ1v) is 10.1. The molecule has 0 aliphatic carbocycles. The Balaban J connectivity index is 1.72. The van der Waals surface area contributed by atoms with Gasteiger partial charge in [-0.05, 0) is 49.7 Å². The second-order valence-electron chi connectivity index (χ2n) is 7.31. The summed E-state index contributed by atoms with van der Waals surface area (Å²) in [5, 5.41) is 3.93. The third kappa shape index (κ3) is 4.96. The number of hydrogen-bond acceptors (Lipinski definition) is 7. The monoisotopic (exact) mass is 440 g/mol. The van der Waals surface area contributed by atoms with Crippen molar-refractivity contribution in [2.75, 3.05) is 28.4 Å². The van der Waals surface area contributed by atoms with Crippen LogP contribution < -0.4 is 18.9 Å². The van der Waals surface area contributed by atoms with Gasteiger partial charge in [-0.15, -0.1) is 0 Å².